The first-order valence-electron chi connectivity index (χ1n) is 7.48. The van der Waals surface area contributed by atoms with Crippen molar-refractivity contribution < 1.29 is 9.18 Å². The predicted molar refractivity (Wildman–Crippen MR) is 81.6 cm³/mol. The summed E-state index contributed by atoms with van der Waals surface area (Å²) in [7, 11) is 0. The maximum Gasteiger partial charge on any atom is 0.254 e. The molecule has 3 rings (SSSR count). The predicted octanol–water partition coefficient (Wildman–Crippen LogP) is 1.80. The number of nitrogens with one attached hydrogen (secondary N) is 2. The van der Waals surface area contributed by atoms with E-state index in [1.54, 1.807) is 25.1 Å². The molecule has 0 spiro atoms. The molecular weight excluding hydrogens is 283 g/mol. The lowest BCUT2D eigenvalue weighted by Gasteiger charge is -2.23. The highest BCUT2D eigenvalue weighted by Crippen LogP contribution is 2.17. The first-order valence-corrected chi connectivity index (χ1v) is 7.48. The summed E-state index contributed by atoms with van der Waals surface area (Å²) in [5, 5.41) is 10.5. The molecule has 1 saturated heterocycles. The number of aromatic nitrogens is 2. The van der Waals surface area contributed by atoms with Gasteiger partial charge in [0.2, 0.25) is 0 Å². The van der Waals surface area contributed by atoms with Crippen LogP contribution in [0, 0.1) is 12.7 Å². The Morgan fingerprint density at radius 3 is 2.82 bits per heavy atom. The van der Waals surface area contributed by atoms with E-state index in [9.17, 15) is 9.18 Å². The molecule has 1 aromatic heterocycles. The summed E-state index contributed by atoms with van der Waals surface area (Å²) in [4.78, 5) is 12.4. The number of amides is 1. The Morgan fingerprint density at radius 1 is 1.36 bits per heavy atom. The van der Waals surface area contributed by atoms with Crippen LogP contribution in [0.5, 0.6) is 0 Å². The molecule has 1 aromatic carbocycles. The van der Waals surface area contributed by atoms with E-state index < -0.39 is 0 Å². The standard InChI is InChI=1S/C16H19FN4O/c1-11-13(16(22)20-12-6-8-18-9-7-12)10-19-21(11)15-5-3-2-4-14(15)17/h2-5,10,12,18H,6-9H2,1H3,(H,20,22). The van der Waals surface area contributed by atoms with Gasteiger partial charge in [0.1, 0.15) is 11.5 Å². The van der Waals surface area contributed by atoms with Gasteiger partial charge in [0.15, 0.2) is 0 Å². The van der Waals surface area contributed by atoms with Gasteiger partial charge in [0.25, 0.3) is 5.91 Å². The number of carbonyl (C=O) groups is 1. The van der Waals surface area contributed by atoms with Crippen molar-refractivity contribution in [3.8, 4) is 5.69 Å². The zero-order valence-electron chi connectivity index (χ0n) is 12.5. The van der Waals surface area contributed by atoms with Crippen LogP contribution in [0.25, 0.3) is 5.69 Å². The van der Waals surface area contributed by atoms with E-state index in [1.165, 1.54) is 16.9 Å². The largest absolute Gasteiger partial charge is 0.349 e. The van der Waals surface area contributed by atoms with Crippen molar-refractivity contribution in [3.05, 3.63) is 47.5 Å². The third-order valence-electron chi connectivity index (χ3n) is 4.01. The van der Waals surface area contributed by atoms with Crippen LogP contribution in [-0.4, -0.2) is 34.8 Å². The molecule has 1 aliphatic heterocycles. The minimum atomic E-state index is -0.362. The van der Waals surface area contributed by atoms with Gasteiger partial charge >= 0.3 is 0 Å². The number of nitrogens with zero attached hydrogens (tertiary/aromatic N) is 2. The van der Waals surface area contributed by atoms with E-state index >= 15 is 0 Å². The Labute approximate surface area is 128 Å². The Morgan fingerprint density at radius 2 is 2.09 bits per heavy atom. The van der Waals surface area contributed by atoms with Crippen LogP contribution < -0.4 is 10.6 Å². The second kappa shape index (κ2) is 6.27. The summed E-state index contributed by atoms with van der Waals surface area (Å²) in [6.07, 6.45) is 3.34. The van der Waals surface area contributed by atoms with Crippen LogP contribution >= 0.6 is 0 Å². The Bertz CT molecular complexity index is 677. The SMILES string of the molecule is Cc1c(C(=O)NC2CCNCC2)cnn1-c1ccccc1F. The van der Waals surface area contributed by atoms with Gasteiger partial charge in [0.05, 0.1) is 17.5 Å². The van der Waals surface area contributed by atoms with Gasteiger partial charge < -0.3 is 10.6 Å². The first-order chi connectivity index (χ1) is 10.7. The fourth-order valence-corrected chi connectivity index (χ4v) is 2.73. The monoisotopic (exact) mass is 302 g/mol. The third-order valence-corrected chi connectivity index (χ3v) is 4.01. The number of carbonyl (C=O) groups excluding carboxylic acids is 1. The van der Waals surface area contributed by atoms with Crippen LogP contribution in [0.15, 0.2) is 30.5 Å². The average Bonchev–Trinajstić information content (AvgIpc) is 2.90. The second-order valence-electron chi connectivity index (χ2n) is 5.50. The number of hydrogen-bond donors (Lipinski definition) is 2. The molecule has 22 heavy (non-hydrogen) atoms. The molecule has 0 saturated carbocycles. The highest BCUT2D eigenvalue weighted by atomic mass is 19.1. The number of rotatable bonds is 3. The molecule has 1 fully saturated rings. The fourth-order valence-electron chi connectivity index (χ4n) is 2.73. The first kappa shape index (κ1) is 14.7. The van der Waals surface area contributed by atoms with Crippen molar-refractivity contribution in [3.63, 3.8) is 0 Å². The zero-order valence-corrected chi connectivity index (χ0v) is 12.5. The lowest BCUT2D eigenvalue weighted by Crippen LogP contribution is -2.42. The van der Waals surface area contributed by atoms with Crippen molar-refractivity contribution in [2.24, 2.45) is 0 Å². The molecule has 1 aliphatic rings. The summed E-state index contributed by atoms with van der Waals surface area (Å²) in [5.41, 5.74) is 1.47. The molecule has 0 unspecified atom stereocenters. The van der Waals surface area contributed by atoms with E-state index in [2.05, 4.69) is 15.7 Å². The summed E-state index contributed by atoms with van der Waals surface area (Å²) in [6.45, 7) is 3.60. The number of piperidine rings is 1. The highest BCUT2D eigenvalue weighted by Gasteiger charge is 2.20. The summed E-state index contributed by atoms with van der Waals surface area (Å²) >= 11 is 0. The van der Waals surface area contributed by atoms with Crippen LogP contribution in [0.4, 0.5) is 4.39 Å². The molecule has 0 bridgehead atoms. The van der Waals surface area contributed by atoms with Gasteiger partial charge in [-0.1, -0.05) is 12.1 Å². The number of hydrogen-bond acceptors (Lipinski definition) is 3. The number of para-hydroxylation sites is 1. The van der Waals surface area contributed by atoms with E-state index in [0.29, 0.717) is 16.9 Å². The molecule has 0 aliphatic carbocycles. The quantitative estimate of drug-likeness (QED) is 0.909. The molecule has 1 amide bonds. The lowest BCUT2D eigenvalue weighted by atomic mass is 10.1. The molecule has 0 atom stereocenters. The molecule has 2 heterocycles. The maximum absolute atomic E-state index is 13.9. The van der Waals surface area contributed by atoms with Gasteiger partial charge in [-0.3, -0.25) is 4.79 Å². The van der Waals surface area contributed by atoms with Gasteiger partial charge in [-0.2, -0.15) is 5.10 Å². The summed E-state index contributed by atoms with van der Waals surface area (Å²) in [5.74, 6) is -0.508. The van der Waals surface area contributed by atoms with Crippen LogP contribution in [0.1, 0.15) is 28.9 Å². The summed E-state index contributed by atoms with van der Waals surface area (Å²) < 4.78 is 15.3. The van der Waals surface area contributed by atoms with Crippen LogP contribution in [0.2, 0.25) is 0 Å². The topological polar surface area (TPSA) is 59.0 Å². The molecule has 6 heteroatoms. The number of benzene rings is 1. The second-order valence-corrected chi connectivity index (χ2v) is 5.50. The molecule has 0 radical (unpaired) electrons. The minimum Gasteiger partial charge on any atom is -0.349 e. The van der Waals surface area contributed by atoms with Gasteiger partial charge in [0, 0.05) is 6.04 Å². The van der Waals surface area contributed by atoms with E-state index in [0.717, 1.165) is 25.9 Å². The van der Waals surface area contributed by atoms with Crippen LogP contribution in [0.3, 0.4) is 0 Å². The third kappa shape index (κ3) is 2.87. The molecule has 116 valence electrons. The van der Waals surface area contributed by atoms with Crippen molar-refractivity contribution >= 4 is 5.91 Å². The Balaban J connectivity index is 1.81. The Kier molecular flexibility index (Phi) is 4.20. The average molecular weight is 302 g/mol. The zero-order chi connectivity index (χ0) is 15.5. The molecule has 5 nitrogen and oxygen atoms in total. The molecule has 2 N–H and O–H groups in total. The minimum absolute atomic E-state index is 0.146. The van der Waals surface area contributed by atoms with Gasteiger partial charge in [-0.25, -0.2) is 9.07 Å². The van der Waals surface area contributed by atoms with E-state index in [-0.39, 0.29) is 17.8 Å². The van der Waals surface area contributed by atoms with Gasteiger partial charge in [-0.05, 0) is 45.0 Å². The van der Waals surface area contributed by atoms with E-state index in [4.69, 9.17) is 0 Å². The van der Waals surface area contributed by atoms with Gasteiger partial charge in [-0.15, -0.1) is 0 Å². The Hall–Kier alpha value is -2.21. The summed E-state index contributed by atoms with van der Waals surface area (Å²) in [6, 6.07) is 6.58. The number of halogens is 1. The lowest BCUT2D eigenvalue weighted by molar-refractivity contribution is 0.0929. The van der Waals surface area contributed by atoms with Crippen molar-refractivity contribution in [1.82, 2.24) is 20.4 Å². The maximum atomic E-state index is 13.9. The van der Waals surface area contributed by atoms with E-state index in [1.807, 2.05) is 0 Å². The van der Waals surface area contributed by atoms with Crippen LogP contribution in [-0.2, 0) is 0 Å². The fraction of sp³-hybridized carbons (Fsp3) is 0.375. The van der Waals surface area contributed by atoms with Crippen molar-refractivity contribution in [2.75, 3.05) is 13.1 Å². The molecular formula is C16H19FN4O. The normalized spacial score (nSPS) is 15.7. The van der Waals surface area contributed by atoms with Crippen molar-refractivity contribution in [1.29, 1.82) is 0 Å². The van der Waals surface area contributed by atoms with Crippen molar-refractivity contribution in [2.45, 2.75) is 25.8 Å². The molecule has 2 aromatic rings. The smallest absolute Gasteiger partial charge is 0.254 e. The highest BCUT2D eigenvalue weighted by molar-refractivity contribution is 5.95.